The molecule has 1 aliphatic rings. The maximum atomic E-state index is 12.1. The average Bonchev–Trinajstić information content (AvgIpc) is 2.86. The summed E-state index contributed by atoms with van der Waals surface area (Å²) in [6.45, 7) is 4.01. The third-order valence-corrected chi connectivity index (χ3v) is 3.75. The minimum absolute atomic E-state index is 0.0567. The second-order valence-electron chi connectivity index (χ2n) is 5.44. The van der Waals surface area contributed by atoms with E-state index < -0.39 is 0 Å². The molecule has 5 nitrogen and oxygen atoms in total. The third kappa shape index (κ3) is 3.15. The van der Waals surface area contributed by atoms with Crippen molar-refractivity contribution >= 4 is 5.91 Å². The number of rotatable bonds is 4. The van der Waals surface area contributed by atoms with E-state index in [-0.39, 0.29) is 11.9 Å². The summed E-state index contributed by atoms with van der Waals surface area (Å²) in [6.07, 6.45) is 4.90. The summed E-state index contributed by atoms with van der Waals surface area (Å²) >= 11 is 0. The van der Waals surface area contributed by atoms with Gasteiger partial charge in [0, 0.05) is 38.4 Å². The first kappa shape index (κ1) is 14.1. The van der Waals surface area contributed by atoms with Crippen LogP contribution in [0.15, 0.2) is 12.3 Å². The highest BCUT2D eigenvalue weighted by Gasteiger charge is 2.30. The van der Waals surface area contributed by atoms with Crippen molar-refractivity contribution in [2.75, 3.05) is 20.6 Å². The average molecular weight is 264 g/mol. The predicted molar refractivity (Wildman–Crippen MR) is 75.0 cm³/mol. The molecule has 0 radical (unpaired) electrons. The zero-order chi connectivity index (χ0) is 13.8. The van der Waals surface area contributed by atoms with Crippen LogP contribution in [0.1, 0.15) is 37.8 Å². The molecule has 0 aliphatic carbocycles. The molecule has 5 heteroatoms. The van der Waals surface area contributed by atoms with Crippen molar-refractivity contribution in [3.05, 3.63) is 18.0 Å². The van der Waals surface area contributed by atoms with Crippen LogP contribution in [0.3, 0.4) is 0 Å². The van der Waals surface area contributed by atoms with Gasteiger partial charge in [0.15, 0.2) is 0 Å². The maximum Gasteiger partial charge on any atom is 0.239 e. The molecule has 0 aromatic carbocycles. The van der Waals surface area contributed by atoms with Crippen LogP contribution < -0.4 is 5.32 Å². The van der Waals surface area contributed by atoms with E-state index in [1.54, 1.807) is 4.90 Å². The Balaban J connectivity index is 2.08. The van der Waals surface area contributed by atoms with Crippen LogP contribution in [0.4, 0.5) is 0 Å². The van der Waals surface area contributed by atoms with E-state index >= 15 is 0 Å². The lowest BCUT2D eigenvalue weighted by Crippen LogP contribution is -2.48. The van der Waals surface area contributed by atoms with Gasteiger partial charge in [-0.05, 0) is 31.9 Å². The Bertz CT molecular complexity index is 427. The first-order valence-corrected chi connectivity index (χ1v) is 7.09. The first-order chi connectivity index (χ1) is 9.13. The van der Waals surface area contributed by atoms with E-state index in [0.29, 0.717) is 5.92 Å². The lowest BCUT2D eigenvalue weighted by Gasteiger charge is -2.31. The van der Waals surface area contributed by atoms with Crippen LogP contribution in [0.25, 0.3) is 0 Å². The number of carbonyl (C=O) groups is 1. The number of nitrogens with zero attached hydrogens (tertiary/aromatic N) is 3. The normalized spacial score (nSPS) is 23.3. The fourth-order valence-electron chi connectivity index (χ4n) is 2.77. The van der Waals surface area contributed by atoms with Gasteiger partial charge in [-0.3, -0.25) is 9.48 Å². The van der Waals surface area contributed by atoms with Crippen molar-refractivity contribution in [1.29, 1.82) is 0 Å². The molecule has 2 rings (SSSR count). The molecule has 1 saturated heterocycles. The highest BCUT2D eigenvalue weighted by Crippen LogP contribution is 2.28. The number of aryl methyl sites for hydroxylation is 1. The number of hydrogen-bond donors (Lipinski definition) is 1. The Labute approximate surface area is 115 Å². The lowest BCUT2D eigenvalue weighted by atomic mass is 9.89. The molecule has 2 atom stereocenters. The molecule has 2 heterocycles. The van der Waals surface area contributed by atoms with Gasteiger partial charge < -0.3 is 10.2 Å². The van der Waals surface area contributed by atoms with Gasteiger partial charge in [-0.1, -0.05) is 6.92 Å². The van der Waals surface area contributed by atoms with Gasteiger partial charge in [-0.2, -0.15) is 5.10 Å². The SMILES string of the molecule is CCCn1nccc1C1CCNC(C(=O)N(C)C)C1. The summed E-state index contributed by atoms with van der Waals surface area (Å²) in [5, 5.41) is 7.71. The molecule has 2 unspecified atom stereocenters. The smallest absolute Gasteiger partial charge is 0.239 e. The minimum atomic E-state index is -0.0567. The van der Waals surface area contributed by atoms with E-state index in [1.165, 1.54) is 5.69 Å². The summed E-state index contributed by atoms with van der Waals surface area (Å²) in [4.78, 5) is 13.7. The Morgan fingerprint density at radius 3 is 3.05 bits per heavy atom. The molecule has 1 fully saturated rings. The largest absolute Gasteiger partial charge is 0.347 e. The molecule has 0 spiro atoms. The summed E-state index contributed by atoms with van der Waals surface area (Å²) in [7, 11) is 3.63. The third-order valence-electron chi connectivity index (χ3n) is 3.75. The molecule has 1 aromatic heterocycles. The monoisotopic (exact) mass is 264 g/mol. The fraction of sp³-hybridized carbons (Fsp3) is 0.714. The van der Waals surface area contributed by atoms with Crippen molar-refractivity contribution < 1.29 is 4.79 Å². The molecular weight excluding hydrogens is 240 g/mol. The first-order valence-electron chi connectivity index (χ1n) is 7.09. The van der Waals surface area contributed by atoms with E-state index in [0.717, 1.165) is 32.4 Å². The van der Waals surface area contributed by atoms with Crippen LogP contribution in [-0.2, 0) is 11.3 Å². The summed E-state index contributed by atoms with van der Waals surface area (Å²) < 4.78 is 2.09. The number of hydrogen-bond acceptors (Lipinski definition) is 3. The molecule has 0 saturated carbocycles. The van der Waals surface area contributed by atoms with Gasteiger partial charge in [0.2, 0.25) is 5.91 Å². The standard InChI is InChI=1S/C14H24N4O/c1-4-9-18-13(6-8-16-18)11-5-7-15-12(10-11)14(19)17(2)3/h6,8,11-12,15H,4-5,7,9-10H2,1-3H3. The van der Waals surface area contributed by atoms with Gasteiger partial charge in [0.1, 0.15) is 0 Å². The molecule has 106 valence electrons. The van der Waals surface area contributed by atoms with Gasteiger partial charge in [-0.25, -0.2) is 0 Å². The summed E-state index contributed by atoms with van der Waals surface area (Å²) in [6, 6.07) is 2.04. The molecule has 1 aliphatic heterocycles. The molecule has 19 heavy (non-hydrogen) atoms. The minimum Gasteiger partial charge on any atom is -0.347 e. The zero-order valence-electron chi connectivity index (χ0n) is 12.1. The van der Waals surface area contributed by atoms with Crippen molar-refractivity contribution in [2.45, 2.75) is 44.7 Å². The van der Waals surface area contributed by atoms with Crippen molar-refractivity contribution in [1.82, 2.24) is 20.0 Å². The number of piperidine rings is 1. The van der Waals surface area contributed by atoms with Crippen LogP contribution >= 0.6 is 0 Å². The number of carbonyl (C=O) groups excluding carboxylic acids is 1. The van der Waals surface area contributed by atoms with Crippen LogP contribution in [0.5, 0.6) is 0 Å². The van der Waals surface area contributed by atoms with E-state index in [4.69, 9.17) is 0 Å². The van der Waals surface area contributed by atoms with E-state index in [2.05, 4.69) is 28.1 Å². The second kappa shape index (κ2) is 6.19. The molecule has 1 amide bonds. The van der Waals surface area contributed by atoms with Crippen LogP contribution in [0.2, 0.25) is 0 Å². The van der Waals surface area contributed by atoms with Gasteiger partial charge in [0.25, 0.3) is 0 Å². The quantitative estimate of drug-likeness (QED) is 0.889. The zero-order valence-corrected chi connectivity index (χ0v) is 12.1. The Morgan fingerprint density at radius 2 is 2.37 bits per heavy atom. The van der Waals surface area contributed by atoms with E-state index in [1.807, 2.05) is 20.3 Å². The van der Waals surface area contributed by atoms with Gasteiger partial charge in [-0.15, -0.1) is 0 Å². The predicted octanol–water partition coefficient (Wildman–Crippen LogP) is 1.22. The summed E-state index contributed by atoms with van der Waals surface area (Å²) in [5.74, 6) is 0.607. The van der Waals surface area contributed by atoms with Crippen LogP contribution in [-0.4, -0.2) is 47.3 Å². The second-order valence-corrected chi connectivity index (χ2v) is 5.44. The number of amides is 1. The topological polar surface area (TPSA) is 50.2 Å². The number of likely N-dealkylation sites (N-methyl/N-ethyl adjacent to an activating group) is 1. The molecule has 1 aromatic rings. The van der Waals surface area contributed by atoms with Crippen molar-refractivity contribution in [3.63, 3.8) is 0 Å². The Kier molecular flexibility index (Phi) is 4.58. The Hall–Kier alpha value is -1.36. The van der Waals surface area contributed by atoms with Crippen LogP contribution in [0, 0.1) is 0 Å². The van der Waals surface area contributed by atoms with Crippen molar-refractivity contribution in [3.8, 4) is 0 Å². The van der Waals surface area contributed by atoms with Gasteiger partial charge in [0.05, 0.1) is 6.04 Å². The summed E-state index contributed by atoms with van der Waals surface area (Å²) in [5.41, 5.74) is 1.28. The molecule has 1 N–H and O–H groups in total. The highest BCUT2D eigenvalue weighted by molar-refractivity contribution is 5.81. The van der Waals surface area contributed by atoms with Crippen molar-refractivity contribution in [2.24, 2.45) is 0 Å². The van der Waals surface area contributed by atoms with E-state index in [9.17, 15) is 4.79 Å². The number of nitrogens with one attached hydrogen (secondary N) is 1. The number of aromatic nitrogens is 2. The maximum absolute atomic E-state index is 12.1. The highest BCUT2D eigenvalue weighted by atomic mass is 16.2. The molecule has 0 bridgehead atoms. The lowest BCUT2D eigenvalue weighted by molar-refractivity contribution is -0.131. The van der Waals surface area contributed by atoms with Gasteiger partial charge >= 0.3 is 0 Å². The Morgan fingerprint density at radius 1 is 1.58 bits per heavy atom. The molecular formula is C14H24N4O. The fourth-order valence-corrected chi connectivity index (χ4v) is 2.77.